The third-order valence-electron chi connectivity index (χ3n) is 4.69. The van der Waals surface area contributed by atoms with Gasteiger partial charge in [-0.2, -0.15) is 0 Å². The molecule has 1 nitrogen and oxygen atoms in total. The Kier molecular flexibility index (Phi) is 4.62. The average molecular weight is 263 g/mol. The fraction of sp³-hybridized carbons (Fsp3) is 0.647. The molecule has 0 aliphatic heterocycles. The lowest BCUT2D eigenvalue weighted by Gasteiger charge is -2.35. The molecule has 0 bridgehead atoms. The maximum atomic E-state index is 13.8. The number of hydrogen-bond acceptors (Lipinski definition) is 1. The summed E-state index contributed by atoms with van der Waals surface area (Å²) in [7, 11) is 0. The van der Waals surface area contributed by atoms with Crippen molar-refractivity contribution in [1.29, 1.82) is 0 Å². The summed E-state index contributed by atoms with van der Waals surface area (Å²) in [5, 5.41) is 3.59. The molecule has 1 aliphatic rings. The van der Waals surface area contributed by atoms with Gasteiger partial charge in [-0.05, 0) is 48.8 Å². The number of rotatable bonds is 5. The van der Waals surface area contributed by atoms with Gasteiger partial charge in [0.1, 0.15) is 5.82 Å². The van der Waals surface area contributed by atoms with Gasteiger partial charge in [0.2, 0.25) is 0 Å². The molecule has 0 radical (unpaired) electrons. The Labute approximate surface area is 116 Å². The number of nitrogens with one attached hydrogen (secondary N) is 1. The van der Waals surface area contributed by atoms with Crippen LogP contribution in [0.25, 0.3) is 0 Å². The van der Waals surface area contributed by atoms with Crippen molar-refractivity contribution >= 4 is 0 Å². The summed E-state index contributed by atoms with van der Waals surface area (Å²) in [6, 6.07) is 7.57. The minimum Gasteiger partial charge on any atom is -0.314 e. The summed E-state index contributed by atoms with van der Waals surface area (Å²) in [5.41, 5.74) is 1.22. The van der Waals surface area contributed by atoms with Gasteiger partial charge in [0, 0.05) is 6.04 Å². The molecule has 2 atom stereocenters. The van der Waals surface area contributed by atoms with Crippen molar-refractivity contribution in [2.75, 3.05) is 6.54 Å². The quantitative estimate of drug-likeness (QED) is 0.840. The van der Waals surface area contributed by atoms with Gasteiger partial charge in [0.15, 0.2) is 0 Å². The Morgan fingerprint density at radius 1 is 1.37 bits per heavy atom. The van der Waals surface area contributed by atoms with E-state index < -0.39 is 0 Å². The predicted molar refractivity (Wildman–Crippen MR) is 78.7 cm³/mol. The van der Waals surface area contributed by atoms with E-state index in [1.807, 2.05) is 12.1 Å². The molecule has 1 aliphatic carbocycles. The van der Waals surface area contributed by atoms with Gasteiger partial charge >= 0.3 is 0 Å². The molecule has 19 heavy (non-hydrogen) atoms. The molecule has 0 aromatic heterocycles. The van der Waals surface area contributed by atoms with E-state index in [1.165, 1.54) is 19.3 Å². The number of halogens is 1. The lowest BCUT2D eigenvalue weighted by atomic mass is 9.76. The lowest BCUT2D eigenvalue weighted by Crippen LogP contribution is -2.42. The minimum absolute atomic E-state index is 0.0683. The monoisotopic (exact) mass is 263 g/mol. The minimum atomic E-state index is -0.0683. The van der Waals surface area contributed by atoms with E-state index in [4.69, 9.17) is 0 Å². The van der Waals surface area contributed by atoms with Crippen LogP contribution >= 0.6 is 0 Å². The molecule has 2 unspecified atom stereocenters. The van der Waals surface area contributed by atoms with Crippen LogP contribution in [0.4, 0.5) is 4.39 Å². The summed E-state index contributed by atoms with van der Waals surface area (Å²) in [4.78, 5) is 0. The highest BCUT2D eigenvalue weighted by atomic mass is 19.1. The SMILES string of the molecule is CCNC(Cc1ccccc1F)C1CCCC1(C)C. The molecule has 106 valence electrons. The molecule has 1 fully saturated rings. The first-order valence-corrected chi connectivity index (χ1v) is 7.51. The Hall–Kier alpha value is -0.890. The van der Waals surface area contributed by atoms with E-state index >= 15 is 0 Å². The first-order valence-electron chi connectivity index (χ1n) is 7.51. The number of likely N-dealkylation sites (N-methyl/N-ethyl adjacent to an activating group) is 1. The smallest absolute Gasteiger partial charge is 0.126 e. The van der Waals surface area contributed by atoms with Gasteiger partial charge in [-0.1, -0.05) is 45.4 Å². The maximum absolute atomic E-state index is 13.8. The first-order chi connectivity index (χ1) is 9.04. The van der Waals surface area contributed by atoms with Crippen molar-refractivity contribution < 1.29 is 4.39 Å². The van der Waals surface area contributed by atoms with Gasteiger partial charge < -0.3 is 5.32 Å². The molecular weight excluding hydrogens is 237 g/mol. The predicted octanol–water partition coefficient (Wildman–Crippen LogP) is 4.17. The molecule has 1 saturated carbocycles. The van der Waals surface area contributed by atoms with E-state index in [9.17, 15) is 4.39 Å². The molecule has 1 N–H and O–H groups in total. The fourth-order valence-corrected chi connectivity index (χ4v) is 3.62. The zero-order chi connectivity index (χ0) is 13.9. The normalized spacial score (nSPS) is 23.5. The largest absolute Gasteiger partial charge is 0.314 e. The van der Waals surface area contributed by atoms with Gasteiger partial charge in [-0.25, -0.2) is 4.39 Å². The summed E-state index contributed by atoms with van der Waals surface area (Å²) < 4.78 is 13.8. The standard InChI is InChI=1S/C17H26FN/c1-4-19-16(14-9-7-11-17(14,2)3)12-13-8-5-6-10-15(13)18/h5-6,8,10,14,16,19H,4,7,9,11-12H2,1-3H3. The molecule has 2 heteroatoms. The van der Waals surface area contributed by atoms with Crippen molar-refractivity contribution in [3.8, 4) is 0 Å². The highest BCUT2D eigenvalue weighted by molar-refractivity contribution is 5.19. The molecule has 0 saturated heterocycles. The van der Waals surface area contributed by atoms with Crippen molar-refractivity contribution in [2.45, 2.75) is 52.5 Å². The molecule has 1 aromatic carbocycles. The third-order valence-corrected chi connectivity index (χ3v) is 4.69. The van der Waals surface area contributed by atoms with E-state index in [0.29, 0.717) is 17.4 Å². The summed E-state index contributed by atoms with van der Waals surface area (Å²) in [6.45, 7) is 7.80. The number of benzene rings is 1. The van der Waals surface area contributed by atoms with Crippen LogP contribution in [0.1, 0.15) is 45.6 Å². The Bertz CT molecular complexity index is 413. The topological polar surface area (TPSA) is 12.0 Å². The Morgan fingerprint density at radius 3 is 2.68 bits per heavy atom. The molecule has 0 heterocycles. The second-order valence-corrected chi connectivity index (χ2v) is 6.45. The Balaban J connectivity index is 2.15. The van der Waals surface area contributed by atoms with Crippen molar-refractivity contribution in [3.63, 3.8) is 0 Å². The Morgan fingerprint density at radius 2 is 2.11 bits per heavy atom. The zero-order valence-electron chi connectivity index (χ0n) is 12.4. The highest BCUT2D eigenvalue weighted by Crippen LogP contribution is 2.45. The molecular formula is C17H26FN. The highest BCUT2D eigenvalue weighted by Gasteiger charge is 2.39. The van der Waals surface area contributed by atoms with E-state index in [0.717, 1.165) is 18.5 Å². The van der Waals surface area contributed by atoms with Crippen LogP contribution in [0.3, 0.4) is 0 Å². The lowest BCUT2D eigenvalue weighted by molar-refractivity contribution is 0.196. The second-order valence-electron chi connectivity index (χ2n) is 6.45. The summed E-state index contributed by atoms with van der Waals surface area (Å²) in [5.74, 6) is 0.577. The number of hydrogen-bond donors (Lipinski definition) is 1. The summed E-state index contributed by atoms with van der Waals surface area (Å²) >= 11 is 0. The molecule has 0 amide bonds. The van der Waals surface area contributed by atoms with Crippen LogP contribution < -0.4 is 5.32 Å². The van der Waals surface area contributed by atoms with Crippen molar-refractivity contribution in [2.24, 2.45) is 11.3 Å². The van der Waals surface area contributed by atoms with Crippen LogP contribution in [-0.4, -0.2) is 12.6 Å². The van der Waals surface area contributed by atoms with Crippen molar-refractivity contribution in [1.82, 2.24) is 5.32 Å². The summed E-state index contributed by atoms with van der Waals surface area (Å²) in [6.07, 6.45) is 4.65. The van der Waals surface area contributed by atoms with E-state index in [2.05, 4.69) is 26.1 Å². The van der Waals surface area contributed by atoms with Gasteiger partial charge in [0.25, 0.3) is 0 Å². The van der Waals surface area contributed by atoms with Gasteiger partial charge in [-0.3, -0.25) is 0 Å². The second kappa shape index (κ2) is 6.04. The van der Waals surface area contributed by atoms with E-state index in [-0.39, 0.29) is 5.82 Å². The van der Waals surface area contributed by atoms with E-state index in [1.54, 1.807) is 12.1 Å². The van der Waals surface area contributed by atoms with Crippen molar-refractivity contribution in [3.05, 3.63) is 35.6 Å². The van der Waals surface area contributed by atoms with Gasteiger partial charge in [0.05, 0.1) is 0 Å². The molecule has 2 rings (SSSR count). The third kappa shape index (κ3) is 3.36. The van der Waals surface area contributed by atoms with Gasteiger partial charge in [-0.15, -0.1) is 0 Å². The zero-order valence-corrected chi connectivity index (χ0v) is 12.4. The van der Waals surface area contributed by atoms with Crippen LogP contribution in [0.5, 0.6) is 0 Å². The van der Waals surface area contributed by atoms with Crippen LogP contribution in [0.15, 0.2) is 24.3 Å². The first kappa shape index (κ1) is 14.5. The van der Waals surface area contributed by atoms with Crippen LogP contribution in [0.2, 0.25) is 0 Å². The molecule has 1 aromatic rings. The molecule has 0 spiro atoms. The fourth-order valence-electron chi connectivity index (χ4n) is 3.62. The average Bonchev–Trinajstić information content (AvgIpc) is 2.71. The van der Waals surface area contributed by atoms with Crippen LogP contribution in [-0.2, 0) is 6.42 Å². The van der Waals surface area contributed by atoms with Crippen LogP contribution in [0, 0.1) is 17.2 Å². The maximum Gasteiger partial charge on any atom is 0.126 e.